The molecule has 0 bridgehead atoms. The largest absolute Gasteiger partial charge is 0.360 e. The van der Waals surface area contributed by atoms with E-state index in [0.717, 1.165) is 26.6 Å². The van der Waals surface area contributed by atoms with Crippen molar-refractivity contribution in [2.45, 2.75) is 63.3 Å². The van der Waals surface area contributed by atoms with E-state index in [-0.39, 0.29) is 5.78 Å². The highest BCUT2D eigenvalue weighted by molar-refractivity contribution is 8.01. The van der Waals surface area contributed by atoms with Gasteiger partial charge in [-0.3, -0.25) is 9.36 Å². The van der Waals surface area contributed by atoms with Crippen LogP contribution < -0.4 is 5.32 Å². The third kappa shape index (κ3) is 4.56. The molecule has 0 saturated heterocycles. The molecule has 1 fully saturated rings. The lowest BCUT2D eigenvalue weighted by Crippen LogP contribution is -2.21. The van der Waals surface area contributed by atoms with E-state index in [1.165, 1.54) is 55.2 Å². The first-order chi connectivity index (χ1) is 14.0. The molecular formula is C20H25N5O2S2. The average molecular weight is 432 g/mol. The van der Waals surface area contributed by atoms with E-state index in [0.29, 0.717) is 23.2 Å². The van der Waals surface area contributed by atoms with Crippen LogP contribution in [0.15, 0.2) is 21.0 Å². The molecule has 154 valence electrons. The summed E-state index contributed by atoms with van der Waals surface area (Å²) in [5.74, 6) is 1.85. The number of rotatable bonds is 7. The molecule has 3 aromatic heterocycles. The average Bonchev–Trinajstić information content (AvgIpc) is 3.40. The molecule has 0 aromatic carbocycles. The van der Waals surface area contributed by atoms with Gasteiger partial charge in [-0.1, -0.05) is 47.5 Å². The van der Waals surface area contributed by atoms with Crippen LogP contribution in [-0.2, 0) is 0 Å². The molecule has 9 heteroatoms. The number of hydrogen-bond donors (Lipinski definition) is 1. The summed E-state index contributed by atoms with van der Waals surface area (Å²) in [6, 6.07) is 4.28. The minimum absolute atomic E-state index is 0.0755. The third-order valence-corrected chi connectivity index (χ3v) is 7.23. The van der Waals surface area contributed by atoms with E-state index in [4.69, 9.17) is 4.52 Å². The predicted molar refractivity (Wildman–Crippen MR) is 116 cm³/mol. The van der Waals surface area contributed by atoms with Crippen LogP contribution in [0.5, 0.6) is 0 Å². The number of Topliss-reactive ketones (excluding diaryl/α,β-unsaturated/α-hetero) is 1. The number of aromatic nitrogens is 4. The second kappa shape index (κ2) is 8.71. The maximum absolute atomic E-state index is 12.8. The second-order valence-corrected chi connectivity index (χ2v) is 9.68. The monoisotopic (exact) mass is 431 g/mol. The van der Waals surface area contributed by atoms with Crippen molar-refractivity contribution in [1.29, 1.82) is 0 Å². The fourth-order valence-electron chi connectivity index (χ4n) is 3.81. The molecule has 29 heavy (non-hydrogen) atoms. The van der Waals surface area contributed by atoms with Crippen molar-refractivity contribution in [3.8, 4) is 5.82 Å². The Morgan fingerprint density at radius 2 is 2.03 bits per heavy atom. The highest BCUT2D eigenvalue weighted by atomic mass is 32.2. The lowest BCUT2D eigenvalue weighted by molar-refractivity contribution is 0.102. The van der Waals surface area contributed by atoms with Crippen LogP contribution in [0.2, 0.25) is 0 Å². The molecule has 7 nitrogen and oxygen atoms in total. The van der Waals surface area contributed by atoms with Gasteiger partial charge in [0.2, 0.25) is 5.13 Å². The zero-order chi connectivity index (χ0) is 20.4. The molecule has 1 aliphatic carbocycles. The molecule has 0 radical (unpaired) electrons. The van der Waals surface area contributed by atoms with E-state index >= 15 is 0 Å². The summed E-state index contributed by atoms with van der Waals surface area (Å²) >= 11 is 2.97. The number of carbonyl (C=O) groups excluding carboxylic acids is 1. The van der Waals surface area contributed by atoms with E-state index in [9.17, 15) is 4.79 Å². The van der Waals surface area contributed by atoms with E-state index in [1.54, 1.807) is 0 Å². The Morgan fingerprint density at radius 1 is 1.24 bits per heavy atom. The van der Waals surface area contributed by atoms with Crippen LogP contribution >= 0.6 is 23.1 Å². The van der Waals surface area contributed by atoms with Gasteiger partial charge in [-0.2, -0.15) is 0 Å². The van der Waals surface area contributed by atoms with Gasteiger partial charge in [0, 0.05) is 29.1 Å². The number of nitrogens with zero attached hydrogens (tertiary/aromatic N) is 4. The van der Waals surface area contributed by atoms with Gasteiger partial charge in [0.25, 0.3) is 0 Å². The Labute approximate surface area is 178 Å². The summed E-state index contributed by atoms with van der Waals surface area (Å²) in [4.78, 5) is 12.8. The van der Waals surface area contributed by atoms with E-state index in [1.807, 2.05) is 37.5 Å². The molecule has 0 aliphatic heterocycles. The van der Waals surface area contributed by atoms with Gasteiger partial charge >= 0.3 is 0 Å². The summed E-state index contributed by atoms with van der Waals surface area (Å²) in [6.45, 7) is 5.76. The number of ketones is 1. The van der Waals surface area contributed by atoms with Crippen LogP contribution in [0.3, 0.4) is 0 Å². The van der Waals surface area contributed by atoms with Crippen molar-refractivity contribution in [2.24, 2.45) is 0 Å². The summed E-state index contributed by atoms with van der Waals surface area (Å²) in [7, 11) is 0. The normalized spacial score (nSPS) is 15.0. The highest BCUT2D eigenvalue weighted by Gasteiger charge is 2.20. The standard InChI is InChI=1S/C20H25N5O2S2/c1-12-9-16(14(3)25(12)18-10-13(2)27-24-18)17(26)11-28-20-23-22-19(29-20)21-15-7-5-4-6-8-15/h9-10,15H,4-8,11H2,1-3H3,(H,21,22). The number of thioether (sulfide) groups is 1. The number of aryl methyl sites for hydroxylation is 2. The molecular weight excluding hydrogens is 406 g/mol. The molecule has 1 N–H and O–H groups in total. The zero-order valence-corrected chi connectivity index (χ0v) is 18.5. The van der Waals surface area contributed by atoms with Gasteiger partial charge in [0.05, 0.1) is 5.75 Å². The van der Waals surface area contributed by atoms with Crippen LogP contribution in [0.4, 0.5) is 5.13 Å². The number of anilines is 1. The van der Waals surface area contributed by atoms with Crippen molar-refractivity contribution >= 4 is 34.0 Å². The Bertz CT molecular complexity index is 1000. The fourth-order valence-corrected chi connectivity index (χ4v) is 5.52. The van der Waals surface area contributed by atoms with Gasteiger partial charge in [-0.05, 0) is 39.7 Å². The van der Waals surface area contributed by atoms with E-state index < -0.39 is 0 Å². The predicted octanol–water partition coefficient (Wildman–Crippen LogP) is 4.96. The maximum Gasteiger partial charge on any atom is 0.206 e. The first-order valence-corrected chi connectivity index (χ1v) is 11.7. The first kappa shape index (κ1) is 20.2. The number of carbonyl (C=O) groups is 1. The Balaban J connectivity index is 1.39. The SMILES string of the molecule is Cc1cc(-n2c(C)cc(C(=O)CSc3nnc(NC4CCCCC4)s3)c2C)no1. The third-order valence-electron chi connectivity index (χ3n) is 5.24. The van der Waals surface area contributed by atoms with Crippen molar-refractivity contribution in [2.75, 3.05) is 11.1 Å². The van der Waals surface area contributed by atoms with Crippen molar-refractivity contribution in [1.82, 2.24) is 19.9 Å². The number of nitrogens with one attached hydrogen (secondary N) is 1. The topological polar surface area (TPSA) is 85.8 Å². The summed E-state index contributed by atoms with van der Waals surface area (Å²) in [5.41, 5.74) is 2.54. The Morgan fingerprint density at radius 3 is 2.76 bits per heavy atom. The smallest absolute Gasteiger partial charge is 0.206 e. The Kier molecular flexibility index (Phi) is 6.05. The molecule has 0 unspecified atom stereocenters. The lowest BCUT2D eigenvalue weighted by atomic mass is 9.96. The Hall–Kier alpha value is -2.13. The van der Waals surface area contributed by atoms with Crippen molar-refractivity contribution in [3.05, 3.63) is 34.8 Å². The zero-order valence-electron chi connectivity index (χ0n) is 16.9. The van der Waals surface area contributed by atoms with E-state index in [2.05, 4.69) is 20.7 Å². The second-order valence-electron chi connectivity index (χ2n) is 7.48. The molecule has 0 amide bonds. The van der Waals surface area contributed by atoms with Gasteiger partial charge < -0.3 is 9.84 Å². The fraction of sp³-hybridized carbons (Fsp3) is 0.500. The van der Waals surface area contributed by atoms with Gasteiger partial charge in [0.1, 0.15) is 5.76 Å². The molecule has 0 spiro atoms. The van der Waals surface area contributed by atoms with Gasteiger partial charge in [-0.25, -0.2) is 0 Å². The van der Waals surface area contributed by atoms with Gasteiger partial charge in [0.15, 0.2) is 15.9 Å². The van der Waals surface area contributed by atoms with Crippen LogP contribution in [0, 0.1) is 20.8 Å². The molecule has 1 saturated carbocycles. The van der Waals surface area contributed by atoms with Crippen LogP contribution in [0.25, 0.3) is 5.82 Å². The quantitative estimate of drug-likeness (QED) is 0.418. The van der Waals surface area contributed by atoms with Crippen LogP contribution in [-0.4, -0.2) is 37.5 Å². The highest BCUT2D eigenvalue weighted by Crippen LogP contribution is 2.29. The number of hydrogen-bond acceptors (Lipinski definition) is 8. The summed E-state index contributed by atoms with van der Waals surface area (Å²) < 4.78 is 7.95. The molecule has 3 aromatic rings. The first-order valence-electron chi connectivity index (χ1n) is 9.90. The van der Waals surface area contributed by atoms with Gasteiger partial charge in [-0.15, -0.1) is 10.2 Å². The summed E-state index contributed by atoms with van der Waals surface area (Å²) in [6.07, 6.45) is 6.27. The molecule has 1 aliphatic rings. The summed E-state index contributed by atoms with van der Waals surface area (Å²) in [5, 5.41) is 16.9. The van der Waals surface area contributed by atoms with Crippen LogP contribution in [0.1, 0.15) is 59.6 Å². The minimum Gasteiger partial charge on any atom is -0.360 e. The van der Waals surface area contributed by atoms with Crippen molar-refractivity contribution in [3.63, 3.8) is 0 Å². The minimum atomic E-state index is 0.0755. The van der Waals surface area contributed by atoms with Crippen molar-refractivity contribution < 1.29 is 9.32 Å². The maximum atomic E-state index is 12.8. The molecule has 3 heterocycles. The lowest BCUT2D eigenvalue weighted by Gasteiger charge is -2.21. The molecule has 0 atom stereocenters. The molecule has 4 rings (SSSR count).